The average Bonchev–Trinajstić information content (AvgIpc) is 2.81. The van der Waals surface area contributed by atoms with Crippen LogP contribution in [0.1, 0.15) is 66.0 Å². The third-order valence-corrected chi connectivity index (χ3v) is 5.48. The largest absolute Gasteiger partial charge is 0.294 e. The van der Waals surface area contributed by atoms with Crippen LogP contribution in [-0.4, -0.2) is 5.78 Å². The highest BCUT2D eigenvalue weighted by atomic mass is 16.1. The highest BCUT2D eigenvalue weighted by Crippen LogP contribution is 2.60. The molecule has 0 aliphatic heterocycles. The molecule has 0 fully saturated rings. The van der Waals surface area contributed by atoms with Crippen LogP contribution in [0.2, 0.25) is 0 Å². The molecule has 2 aliphatic carbocycles. The summed E-state index contributed by atoms with van der Waals surface area (Å²) >= 11 is 0. The van der Waals surface area contributed by atoms with E-state index in [1.165, 1.54) is 16.7 Å². The van der Waals surface area contributed by atoms with E-state index in [0.29, 0.717) is 11.7 Å². The summed E-state index contributed by atoms with van der Waals surface area (Å²) in [4.78, 5) is 12.7. The van der Waals surface area contributed by atoms with Gasteiger partial charge in [-0.05, 0) is 48.0 Å². The van der Waals surface area contributed by atoms with Crippen LogP contribution in [0.4, 0.5) is 0 Å². The number of Topliss-reactive ketones (excluding diaryl/α,β-unsaturated/α-hetero) is 1. The first-order chi connectivity index (χ1) is 10.3. The molecule has 0 saturated carbocycles. The van der Waals surface area contributed by atoms with Crippen molar-refractivity contribution >= 4 is 11.4 Å². The van der Waals surface area contributed by atoms with E-state index < -0.39 is 0 Å². The molecule has 1 atom stereocenters. The van der Waals surface area contributed by atoms with E-state index in [-0.39, 0.29) is 10.8 Å². The van der Waals surface area contributed by atoms with Gasteiger partial charge < -0.3 is 0 Å². The molecule has 1 unspecified atom stereocenters. The first kappa shape index (κ1) is 17.0. The number of allylic oxidation sites excluding steroid dienone is 2. The maximum absolute atomic E-state index is 12.7. The van der Waals surface area contributed by atoms with E-state index in [9.17, 15) is 4.79 Å². The van der Waals surface area contributed by atoms with Crippen molar-refractivity contribution < 1.29 is 4.79 Å². The molecule has 0 heterocycles. The van der Waals surface area contributed by atoms with Crippen molar-refractivity contribution in [3.63, 3.8) is 0 Å². The van der Waals surface area contributed by atoms with Crippen LogP contribution in [0.5, 0.6) is 0 Å². The minimum absolute atomic E-state index is 0.144. The number of benzene rings is 1. The van der Waals surface area contributed by atoms with Crippen molar-refractivity contribution in [1.29, 1.82) is 0 Å². The fraction of sp³-hybridized carbons (Fsp3) is 0.571. The molecule has 1 aromatic carbocycles. The van der Waals surface area contributed by atoms with Gasteiger partial charge in [0.2, 0.25) is 0 Å². The number of carbonyl (C=O) groups excluding carboxylic acids is 1. The normalized spacial score (nSPS) is 25.5. The average molecular weight is 298 g/mol. The van der Waals surface area contributed by atoms with Crippen LogP contribution in [0.3, 0.4) is 0 Å². The maximum atomic E-state index is 12.7. The molecule has 0 saturated heterocycles. The summed E-state index contributed by atoms with van der Waals surface area (Å²) in [6.07, 6.45) is 2.06. The van der Waals surface area contributed by atoms with Crippen LogP contribution >= 0.6 is 0 Å². The van der Waals surface area contributed by atoms with Crippen LogP contribution in [0.15, 0.2) is 29.8 Å². The number of fused-ring (bicyclic) bond motifs is 3. The lowest BCUT2D eigenvalue weighted by atomic mass is 9.57. The van der Waals surface area contributed by atoms with Gasteiger partial charge in [0, 0.05) is 10.8 Å². The summed E-state index contributed by atoms with van der Waals surface area (Å²) in [6, 6.07) is 8.65. The first-order valence-corrected chi connectivity index (χ1v) is 8.64. The lowest BCUT2D eigenvalue weighted by Gasteiger charge is -2.46. The van der Waals surface area contributed by atoms with Gasteiger partial charge in [-0.15, -0.1) is 0 Å². The van der Waals surface area contributed by atoms with Crippen molar-refractivity contribution in [3.8, 4) is 0 Å². The van der Waals surface area contributed by atoms with Crippen molar-refractivity contribution in [2.75, 3.05) is 0 Å². The van der Waals surface area contributed by atoms with Gasteiger partial charge in [-0.25, -0.2) is 0 Å². The first-order valence-electron chi connectivity index (χ1n) is 8.64. The standard InChI is InChI=1S/C19H24O.C2H6/c1-12(2)19-10-14-8-6-7-9-15(14)16(19)13(3)17(20)18(4,5)11-19;1-2/h6-9,12H,10-11H2,1-5H3;1-2H3. The van der Waals surface area contributed by atoms with Crippen molar-refractivity contribution in [2.24, 2.45) is 16.7 Å². The Morgan fingerprint density at radius 3 is 2.27 bits per heavy atom. The molecule has 22 heavy (non-hydrogen) atoms. The molecule has 0 aromatic heterocycles. The third kappa shape index (κ3) is 2.26. The number of rotatable bonds is 1. The molecule has 2 aliphatic rings. The molecule has 1 heteroatoms. The van der Waals surface area contributed by atoms with E-state index in [0.717, 1.165) is 18.4 Å². The van der Waals surface area contributed by atoms with Crippen LogP contribution in [0, 0.1) is 16.7 Å². The van der Waals surface area contributed by atoms with Gasteiger partial charge in [0.15, 0.2) is 5.78 Å². The zero-order valence-electron chi connectivity index (χ0n) is 15.2. The molecular formula is C21H30O. The van der Waals surface area contributed by atoms with Gasteiger partial charge in [0.05, 0.1) is 0 Å². The summed E-state index contributed by atoms with van der Waals surface area (Å²) in [5.74, 6) is 0.882. The fourth-order valence-corrected chi connectivity index (χ4v) is 4.53. The molecule has 1 nitrogen and oxygen atoms in total. The van der Waals surface area contributed by atoms with Gasteiger partial charge in [-0.1, -0.05) is 65.8 Å². The topological polar surface area (TPSA) is 17.1 Å². The van der Waals surface area contributed by atoms with Crippen molar-refractivity contribution in [3.05, 3.63) is 41.0 Å². The SMILES string of the molecule is CC.CC1=C2c3ccccc3CC2(C(C)C)CC(C)(C)C1=O. The minimum Gasteiger partial charge on any atom is -0.294 e. The number of ketones is 1. The molecular weight excluding hydrogens is 268 g/mol. The summed E-state index contributed by atoms with van der Waals surface area (Å²) in [5.41, 5.74) is 4.99. The van der Waals surface area contributed by atoms with Crippen LogP contribution in [-0.2, 0) is 11.2 Å². The summed E-state index contributed by atoms with van der Waals surface area (Å²) in [6.45, 7) is 14.9. The van der Waals surface area contributed by atoms with Gasteiger partial charge in [0.1, 0.15) is 0 Å². The highest BCUT2D eigenvalue weighted by Gasteiger charge is 2.53. The zero-order chi connectivity index (χ0) is 16.7. The van der Waals surface area contributed by atoms with Gasteiger partial charge >= 0.3 is 0 Å². The molecule has 0 bridgehead atoms. The monoisotopic (exact) mass is 298 g/mol. The van der Waals surface area contributed by atoms with E-state index in [2.05, 4.69) is 52.0 Å². The molecule has 3 rings (SSSR count). The predicted molar refractivity (Wildman–Crippen MR) is 94.8 cm³/mol. The lowest BCUT2D eigenvalue weighted by molar-refractivity contribution is -0.125. The Kier molecular flexibility index (Phi) is 4.39. The number of hydrogen-bond donors (Lipinski definition) is 0. The minimum atomic E-state index is -0.236. The van der Waals surface area contributed by atoms with Crippen molar-refractivity contribution in [2.45, 2.75) is 61.3 Å². The second kappa shape index (κ2) is 5.68. The molecule has 0 spiro atoms. The molecule has 0 radical (unpaired) electrons. The third-order valence-electron chi connectivity index (χ3n) is 5.48. The Balaban J connectivity index is 0.000000847. The smallest absolute Gasteiger partial charge is 0.164 e. The summed E-state index contributed by atoms with van der Waals surface area (Å²) in [7, 11) is 0. The number of carbonyl (C=O) groups is 1. The van der Waals surface area contributed by atoms with Crippen LogP contribution in [0.25, 0.3) is 5.57 Å². The van der Waals surface area contributed by atoms with Gasteiger partial charge in [-0.2, -0.15) is 0 Å². The zero-order valence-corrected chi connectivity index (χ0v) is 15.2. The Morgan fingerprint density at radius 2 is 1.68 bits per heavy atom. The Labute approximate surface area is 135 Å². The van der Waals surface area contributed by atoms with E-state index in [1.54, 1.807) is 0 Å². The second-order valence-electron chi connectivity index (χ2n) is 7.53. The number of hydrogen-bond acceptors (Lipinski definition) is 1. The molecule has 1 aromatic rings. The Hall–Kier alpha value is -1.37. The Bertz CT molecular complexity index is 619. The lowest BCUT2D eigenvalue weighted by Crippen LogP contribution is -2.42. The maximum Gasteiger partial charge on any atom is 0.164 e. The van der Waals surface area contributed by atoms with E-state index >= 15 is 0 Å². The van der Waals surface area contributed by atoms with Gasteiger partial charge in [-0.3, -0.25) is 4.79 Å². The molecule has 0 N–H and O–H groups in total. The van der Waals surface area contributed by atoms with Crippen molar-refractivity contribution in [1.82, 2.24) is 0 Å². The van der Waals surface area contributed by atoms with E-state index in [4.69, 9.17) is 0 Å². The van der Waals surface area contributed by atoms with Gasteiger partial charge in [0.25, 0.3) is 0 Å². The molecule has 120 valence electrons. The highest BCUT2D eigenvalue weighted by molar-refractivity contribution is 6.09. The quantitative estimate of drug-likeness (QED) is 0.651. The Morgan fingerprint density at radius 1 is 1.09 bits per heavy atom. The predicted octanol–water partition coefficient (Wildman–Crippen LogP) is 5.68. The molecule has 0 amide bonds. The summed E-state index contributed by atoms with van der Waals surface area (Å²) < 4.78 is 0. The fourth-order valence-electron chi connectivity index (χ4n) is 4.53. The summed E-state index contributed by atoms with van der Waals surface area (Å²) in [5, 5.41) is 0. The second-order valence-corrected chi connectivity index (χ2v) is 7.53. The van der Waals surface area contributed by atoms with Crippen LogP contribution < -0.4 is 0 Å². The van der Waals surface area contributed by atoms with E-state index in [1.807, 2.05) is 20.8 Å².